The SMILES string of the molecule is [Pt+4].[c-]1c2cccc1N1[CH-]N(C=N1)C1CCCCC1N1[CH-]N(c3[c-]c(ccc3)O2)c2nccnc21. The summed E-state index contributed by atoms with van der Waals surface area (Å²) >= 11 is 0. The molecule has 3 aromatic rings. The fourth-order valence-electron chi connectivity index (χ4n) is 5.07. The van der Waals surface area contributed by atoms with E-state index in [9.17, 15) is 0 Å². The first-order valence-corrected chi connectivity index (χ1v) is 11.3. The van der Waals surface area contributed by atoms with Crippen LogP contribution in [-0.2, 0) is 21.1 Å². The zero-order valence-electron chi connectivity index (χ0n) is 18.2. The number of hydrogen-bond acceptors (Lipinski definition) is 8. The average Bonchev–Trinajstić information content (AvgIpc) is 3.50. The second-order valence-corrected chi connectivity index (χ2v) is 8.56. The molecule has 7 rings (SSSR count). The van der Waals surface area contributed by atoms with E-state index in [0.717, 1.165) is 35.9 Å². The van der Waals surface area contributed by atoms with E-state index in [0.29, 0.717) is 11.5 Å². The first-order valence-electron chi connectivity index (χ1n) is 11.3. The Morgan fingerprint density at radius 1 is 0.853 bits per heavy atom. The molecule has 34 heavy (non-hydrogen) atoms. The fraction of sp³-hybridized carbons (Fsp3) is 0.240. The number of nitrogens with zero attached hydrogens (tertiary/aromatic N) is 7. The number of rotatable bonds is 0. The van der Waals surface area contributed by atoms with E-state index in [2.05, 4.69) is 50.3 Å². The Bertz CT molecular complexity index is 1240. The van der Waals surface area contributed by atoms with Crippen LogP contribution in [0.3, 0.4) is 0 Å². The molecule has 1 fully saturated rings. The number of fused-ring (bicyclic) bond motifs is 16. The first kappa shape index (κ1) is 21.4. The monoisotopic (exact) mass is 630 g/mol. The largest absolute Gasteiger partial charge is 4.00 e. The molecule has 8 nitrogen and oxygen atoms in total. The van der Waals surface area contributed by atoms with Crippen LogP contribution >= 0.6 is 0 Å². The Morgan fingerprint density at radius 3 is 2.38 bits per heavy atom. The molecule has 2 aromatic carbocycles. The van der Waals surface area contributed by atoms with Gasteiger partial charge in [-0.1, -0.05) is 24.2 Å². The van der Waals surface area contributed by atoms with Crippen LogP contribution in [0.5, 0.6) is 11.5 Å². The molecular formula is C25H21N7OPt. The van der Waals surface area contributed by atoms with Crippen molar-refractivity contribution in [3.63, 3.8) is 0 Å². The first-order chi connectivity index (χ1) is 16.3. The smallest absolute Gasteiger partial charge is 0.509 e. The molecule has 0 N–H and O–H groups in total. The van der Waals surface area contributed by atoms with Crippen molar-refractivity contribution in [2.45, 2.75) is 37.8 Å². The van der Waals surface area contributed by atoms with Crippen LogP contribution in [0.4, 0.5) is 23.0 Å². The molecule has 3 aliphatic heterocycles. The molecule has 2 atom stereocenters. The molecule has 9 heteroatoms. The van der Waals surface area contributed by atoms with Gasteiger partial charge < -0.3 is 24.4 Å². The molecule has 1 aromatic heterocycles. The molecular weight excluding hydrogens is 609 g/mol. The molecule has 0 saturated heterocycles. The molecule has 2 unspecified atom stereocenters. The van der Waals surface area contributed by atoms with Crippen LogP contribution < -0.4 is 19.5 Å². The topological polar surface area (TPSA) is 60.3 Å². The van der Waals surface area contributed by atoms with Gasteiger partial charge in [-0.2, -0.15) is 17.2 Å². The van der Waals surface area contributed by atoms with Crippen LogP contribution in [0.1, 0.15) is 25.7 Å². The molecule has 1 saturated carbocycles. The second-order valence-electron chi connectivity index (χ2n) is 8.56. The van der Waals surface area contributed by atoms with E-state index in [1.807, 2.05) is 47.7 Å². The summed E-state index contributed by atoms with van der Waals surface area (Å²) in [5.74, 6) is 2.89. The maximum absolute atomic E-state index is 6.12. The predicted molar refractivity (Wildman–Crippen MR) is 125 cm³/mol. The minimum absolute atomic E-state index is 0. The summed E-state index contributed by atoms with van der Waals surface area (Å²) in [6, 6.07) is 18.9. The normalized spacial score (nSPS) is 22.2. The van der Waals surface area contributed by atoms with Gasteiger partial charge in [0, 0.05) is 36.0 Å². The third-order valence-electron chi connectivity index (χ3n) is 6.59. The summed E-state index contributed by atoms with van der Waals surface area (Å²) in [5.41, 5.74) is 1.69. The van der Waals surface area contributed by atoms with Crippen molar-refractivity contribution >= 4 is 29.3 Å². The summed E-state index contributed by atoms with van der Waals surface area (Å²) in [5, 5.41) is 6.49. The zero-order chi connectivity index (χ0) is 21.8. The van der Waals surface area contributed by atoms with E-state index < -0.39 is 0 Å². The zero-order valence-corrected chi connectivity index (χ0v) is 20.5. The van der Waals surface area contributed by atoms with Crippen molar-refractivity contribution in [3.8, 4) is 11.5 Å². The number of anilines is 4. The van der Waals surface area contributed by atoms with Crippen LogP contribution in [0, 0.1) is 25.5 Å². The van der Waals surface area contributed by atoms with Crippen molar-refractivity contribution in [3.05, 3.63) is 74.3 Å². The van der Waals surface area contributed by atoms with E-state index in [4.69, 9.17) is 9.72 Å². The number of hydrogen-bond donors (Lipinski definition) is 0. The number of aromatic nitrogens is 2. The summed E-state index contributed by atoms with van der Waals surface area (Å²) in [6.45, 7) is 4.16. The maximum Gasteiger partial charge on any atom is 4.00 e. The van der Waals surface area contributed by atoms with Crippen LogP contribution in [-0.4, -0.2) is 33.3 Å². The van der Waals surface area contributed by atoms with Gasteiger partial charge in [-0.3, -0.25) is 0 Å². The predicted octanol–water partition coefficient (Wildman–Crippen LogP) is 4.45. The molecule has 8 bridgehead atoms. The third-order valence-corrected chi connectivity index (χ3v) is 6.59. The van der Waals surface area contributed by atoms with Gasteiger partial charge in [0.1, 0.15) is 11.6 Å². The molecule has 1 aliphatic carbocycles. The van der Waals surface area contributed by atoms with Gasteiger partial charge >= 0.3 is 21.1 Å². The summed E-state index contributed by atoms with van der Waals surface area (Å²) in [6.07, 6.45) is 9.93. The minimum Gasteiger partial charge on any atom is -0.509 e. The van der Waals surface area contributed by atoms with Gasteiger partial charge in [-0.25, -0.2) is 9.97 Å². The van der Waals surface area contributed by atoms with Crippen molar-refractivity contribution in [1.82, 2.24) is 14.9 Å². The Balaban J connectivity index is 0.00000217. The Hall–Kier alpha value is -3.12. The van der Waals surface area contributed by atoms with E-state index in [-0.39, 0.29) is 33.1 Å². The summed E-state index contributed by atoms with van der Waals surface area (Å²) < 4.78 is 6.12. The van der Waals surface area contributed by atoms with E-state index in [1.165, 1.54) is 12.8 Å². The molecule has 4 aliphatic rings. The maximum atomic E-state index is 6.12. The van der Waals surface area contributed by atoms with Crippen LogP contribution in [0.2, 0.25) is 0 Å². The molecule has 0 amide bonds. The Labute approximate surface area is 213 Å². The molecule has 0 spiro atoms. The average molecular weight is 631 g/mol. The van der Waals surface area contributed by atoms with Gasteiger partial charge in [-0.05, 0) is 12.8 Å². The number of ether oxygens (including phenoxy) is 1. The minimum atomic E-state index is 0. The quantitative estimate of drug-likeness (QED) is 0.341. The summed E-state index contributed by atoms with van der Waals surface area (Å²) in [4.78, 5) is 16.0. The van der Waals surface area contributed by atoms with Gasteiger partial charge in [0.2, 0.25) is 0 Å². The molecule has 4 heterocycles. The Kier molecular flexibility index (Phi) is 5.41. The number of benzene rings is 2. The van der Waals surface area contributed by atoms with Crippen LogP contribution in [0.25, 0.3) is 0 Å². The van der Waals surface area contributed by atoms with Crippen molar-refractivity contribution in [2.24, 2.45) is 5.10 Å². The van der Waals surface area contributed by atoms with Crippen LogP contribution in [0.15, 0.2) is 53.9 Å². The van der Waals surface area contributed by atoms with E-state index in [1.54, 1.807) is 12.4 Å². The van der Waals surface area contributed by atoms with Crippen molar-refractivity contribution < 1.29 is 25.8 Å². The summed E-state index contributed by atoms with van der Waals surface area (Å²) in [7, 11) is 0. The standard InChI is InChI=1S/C25H21N7O.Pt/c1-2-10-23-22(9-1)29-15-28-32(16-29)19-6-4-8-21(14-19)33-20-7-3-5-18(13-20)30-17-31(23)25-24(30)26-11-12-27-25;/h3-8,11-12,15-17,22-23H,1-2,9-10H2;/q-4;+4. The molecule has 172 valence electrons. The number of hydrazone groups is 1. The van der Waals surface area contributed by atoms with Gasteiger partial charge in [-0.15, -0.1) is 49.7 Å². The van der Waals surface area contributed by atoms with Gasteiger partial charge in [0.15, 0.2) is 0 Å². The Morgan fingerprint density at radius 2 is 1.56 bits per heavy atom. The van der Waals surface area contributed by atoms with E-state index >= 15 is 0 Å². The third kappa shape index (κ3) is 3.52. The van der Waals surface area contributed by atoms with Crippen molar-refractivity contribution in [2.75, 3.05) is 14.8 Å². The molecule has 0 radical (unpaired) electrons. The van der Waals surface area contributed by atoms with Crippen molar-refractivity contribution in [1.29, 1.82) is 0 Å². The van der Waals surface area contributed by atoms with Gasteiger partial charge in [0.05, 0.1) is 6.34 Å². The fourth-order valence-corrected chi connectivity index (χ4v) is 5.07. The van der Waals surface area contributed by atoms with Gasteiger partial charge in [0.25, 0.3) is 0 Å². The second kappa shape index (κ2) is 8.58.